The van der Waals surface area contributed by atoms with Gasteiger partial charge in [-0.1, -0.05) is 12.1 Å². The minimum absolute atomic E-state index is 0.123. The van der Waals surface area contributed by atoms with Gasteiger partial charge in [-0.3, -0.25) is 9.78 Å². The van der Waals surface area contributed by atoms with E-state index in [2.05, 4.69) is 27.4 Å². The van der Waals surface area contributed by atoms with Gasteiger partial charge < -0.3 is 9.73 Å². The molecule has 1 aromatic carbocycles. The van der Waals surface area contributed by atoms with Crippen LogP contribution in [0, 0.1) is 6.92 Å². The number of aromatic nitrogens is 2. The van der Waals surface area contributed by atoms with Crippen LogP contribution in [0.1, 0.15) is 52.9 Å². The van der Waals surface area contributed by atoms with E-state index in [1.807, 2.05) is 19.1 Å². The van der Waals surface area contributed by atoms with Crippen molar-refractivity contribution in [1.29, 1.82) is 0 Å². The molecular weight excluding hydrogens is 338 g/mol. The largest absolute Gasteiger partial charge is 0.444 e. The number of anilines is 1. The van der Waals surface area contributed by atoms with Crippen LogP contribution in [0.4, 0.5) is 5.69 Å². The first-order valence-corrected chi connectivity index (χ1v) is 9.15. The van der Waals surface area contributed by atoms with E-state index in [4.69, 9.17) is 4.42 Å². The van der Waals surface area contributed by atoms with E-state index >= 15 is 0 Å². The molecule has 0 fully saturated rings. The van der Waals surface area contributed by atoms with Gasteiger partial charge in [0.25, 0.3) is 5.91 Å². The lowest BCUT2D eigenvalue weighted by Gasteiger charge is -2.19. The first-order valence-electron chi connectivity index (χ1n) is 9.15. The van der Waals surface area contributed by atoms with E-state index in [0.717, 1.165) is 29.9 Å². The second kappa shape index (κ2) is 7.58. The molecule has 0 bridgehead atoms. The van der Waals surface area contributed by atoms with Crippen molar-refractivity contribution in [3.05, 3.63) is 77.8 Å². The molecule has 2 aromatic heterocycles. The van der Waals surface area contributed by atoms with Gasteiger partial charge in [-0.15, -0.1) is 0 Å². The van der Waals surface area contributed by atoms with Crippen LogP contribution < -0.4 is 5.32 Å². The van der Waals surface area contributed by atoms with E-state index in [1.54, 1.807) is 24.7 Å². The molecule has 1 amide bonds. The van der Waals surface area contributed by atoms with Crippen LogP contribution in [0.5, 0.6) is 0 Å². The van der Waals surface area contributed by atoms with Gasteiger partial charge >= 0.3 is 0 Å². The molecule has 3 aromatic rings. The minimum Gasteiger partial charge on any atom is -0.444 e. The van der Waals surface area contributed by atoms with Gasteiger partial charge in [0.1, 0.15) is 0 Å². The highest BCUT2D eigenvalue weighted by molar-refractivity contribution is 6.05. The Kier molecular flexibility index (Phi) is 4.83. The molecule has 0 atom stereocenters. The van der Waals surface area contributed by atoms with Crippen molar-refractivity contribution in [1.82, 2.24) is 9.97 Å². The minimum atomic E-state index is -0.123. The van der Waals surface area contributed by atoms with Crippen molar-refractivity contribution in [2.75, 3.05) is 5.32 Å². The maximum atomic E-state index is 12.5. The van der Waals surface area contributed by atoms with E-state index in [9.17, 15) is 4.79 Å². The zero-order chi connectivity index (χ0) is 18.6. The molecule has 136 valence electrons. The Balaban J connectivity index is 1.57. The standard InChI is InChI=1S/C22H21N3O2/c1-15-12-23-11-10-18(15)22(26)25-17-8-6-16(7-9-17)19-4-2-3-5-20(19)21-13-24-14-27-21/h6-14H,2-5H2,1H3,(H,25,26). The van der Waals surface area contributed by atoms with E-state index in [-0.39, 0.29) is 5.91 Å². The van der Waals surface area contributed by atoms with Gasteiger partial charge in [0, 0.05) is 29.2 Å². The van der Waals surface area contributed by atoms with Crippen molar-refractivity contribution in [2.24, 2.45) is 0 Å². The summed E-state index contributed by atoms with van der Waals surface area (Å²) < 4.78 is 5.53. The van der Waals surface area contributed by atoms with Crippen molar-refractivity contribution >= 4 is 22.7 Å². The normalized spacial score (nSPS) is 14.3. The molecule has 0 spiro atoms. The molecule has 0 saturated carbocycles. The second-order valence-electron chi connectivity index (χ2n) is 6.75. The predicted molar refractivity (Wildman–Crippen MR) is 105 cm³/mol. The van der Waals surface area contributed by atoms with E-state index < -0.39 is 0 Å². The summed E-state index contributed by atoms with van der Waals surface area (Å²) in [6.45, 7) is 1.88. The van der Waals surface area contributed by atoms with Crippen LogP contribution in [-0.4, -0.2) is 15.9 Å². The Morgan fingerprint density at radius 3 is 2.48 bits per heavy atom. The average Bonchev–Trinajstić information content (AvgIpc) is 3.24. The van der Waals surface area contributed by atoms with Crippen molar-refractivity contribution in [3.63, 3.8) is 0 Å². The molecular formula is C22H21N3O2. The SMILES string of the molecule is Cc1cnccc1C(=O)Nc1ccc(C2=C(c3cnco3)CCCC2)cc1. The number of amides is 1. The predicted octanol–water partition coefficient (Wildman–Crippen LogP) is 5.12. The second-order valence-corrected chi connectivity index (χ2v) is 6.75. The van der Waals surface area contributed by atoms with E-state index in [0.29, 0.717) is 5.56 Å². The Labute approximate surface area is 158 Å². The topological polar surface area (TPSA) is 68.0 Å². The first kappa shape index (κ1) is 17.2. The maximum absolute atomic E-state index is 12.5. The summed E-state index contributed by atoms with van der Waals surface area (Å²) in [6.07, 6.45) is 11.0. The number of pyridine rings is 1. The fourth-order valence-electron chi connectivity index (χ4n) is 3.54. The molecule has 1 N–H and O–H groups in total. The third-order valence-electron chi connectivity index (χ3n) is 4.95. The summed E-state index contributed by atoms with van der Waals surface area (Å²) in [7, 11) is 0. The molecule has 0 unspecified atom stereocenters. The maximum Gasteiger partial charge on any atom is 0.256 e. The van der Waals surface area contributed by atoms with Crippen LogP contribution in [0.15, 0.2) is 59.7 Å². The summed E-state index contributed by atoms with van der Waals surface area (Å²) in [5.41, 5.74) is 5.98. The van der Waals surface area contributed by atoms with Crippen LogP contribution >= 0.6 is 0 Å². The number of hydrogen-bond donors (Lipinski definition) is 1. The van der Waals surface area contributed by atoms with Crippen LogP contribution in [0.25, 0.3) is 11.1 Å². The number of aryl methyl sites for hydroxylation is 1. The Morgan fingerprint density at radius 1 is 1.00 bits per heavy atom. The molecule has 27 heavy (non-hydrogen) atoms. The lowest BCUT2D eigenvalue weighted by atomic mass is 9.86. The summed E-state index contributed by atoms with van der Waals surface area (Å²) in [5.74, 6) is 0.733. The highest BCUT2D eigenvalue weighted by Gasteiger charge is 2.18. The Hall–Kier alpha value is -3.21. The summed E-state index contributed by atoms with van der Waals surface area (Å²) in [5, 5.41) is 2.96. The molecule has 0 aliphatic heterocycles. The van der Waals surface area contributed by atoms with Crippen molar-refractivity contribution < 1.29 is 9.21 Å². The quantitative estimate of drug-likeness (QED) is 0.702. The number of rotatable bonds is 4. The zero-order valence-electron chi connectivity index (χ0n) is 15.2. The third-order valence-corrected chi connectivity index (χ3v) is 4.95. The van der Waals surface area contributed by atoms with Crippen LogP contribution in [0.2, 0.25) is 0 Å². The number of oxazole rings is 1. The molecule has 0 saturated heterocycles. The van der Waals surface area contributed by atoms with Crippen LogP contribution in [0.3, 0.4) is 0 Å². The van der Waals surface area contributed by atoms with Gasteiger partial charge in [0.2, 0.25) is 0 Å². The van der Waals surface area contributed by atoms with Crippen LogP contribution in [-0.2, 0) is 0 Å². The van der Waals surface area contributed by atoms with Crippen molar-refractivity contribution in [2.45, 2.75) is 32.6 Å². The summed E-state index contributed by atoms with van der Waals surface area (Å²) in [6, 6.07) is 9.75. The Bertz CT molecular complexity index is 973. The molecule has 0 radical (unpaired) electrons. The number of benzene rings is 1. The third kappa shape index (κ3) is 3.67. The molecule has 5 heteroatoms. The average molecular weight is 359 g/mol. The lowest BCUT2D eigenvalue weighted by molar-refractivity contribution is 0.102. The van der Waals surface area contributed by atoms with Gasteiger partial charge in [-0.25, -0.2) is 4.98 Å². The smallest absolute Gasteiger partial charge is 0.256 e. The highest BCUT2D eigenvalue weighted by Crippen LogP contribution is 2.38. The number of nitrogens with one attached hydrogen (secondary N) is 1. The van der Waals surface area contributed by atoms with Gasteiger partial charge in [0.05, 0.1) is 6.20 Å². The van der Waals surface area contributed by atoms with Crippen molar-refractivity contribution in [3.8, 4) is 0 Å². The fourth-order valence-corrected chi connectivity index (χ4v) is 3.54. The Morgan fingerprint density at radius 2 is 1.78 bits per heavy atom. The molecule has 2 heterocycles. The molecule has 1 aliphatic carbocycles. The number of carbonyl (C=O) groups is 1. The first-order chi connectivity index (χ1) is 13.2. The molecule has 1 aliphatic rings. The molecule has 4 rings (SSSR count). The zero-order valence-corrected chi connectivity index (χ0v) is 15.2. The number of allylic oxidation sites excluding steroid dienone is 2. The fraction of sp³-hybridized carbons (Fsp3) is 0.227. The van der Waals surface area contributed by atoms with Gasteiger partial charge in [-0.05, 0) is 67.5 Å². The summed E-state index contributed by atoms with van der Waals surface area (Å²) >= 11 is 0. The number of carbonyl (C=O) groups excluding carboxylic acids is 1. The van der Waals surface area contributed by atoms with Gasteiger partial charge in [-0.2, -0.15) is 0 Å². The van der Waals surface area contributed by atoms with E-state index in [1.165, 1.54) is 35.9 Å². The molecule has 5 nitrogen and oxygen atoms in total. The monoisotopic (exact) mass is 359 g/mol. The van der Waals surface area contributed by atoms with Gasteiger partial charge in [0.15, 0.2) is 12.2 Å². The lowest BCUT2D eigenvalue weighted by Crippen LogP contribution is -2.13. The number of hydrogen-bond acceptors (Lipinski definition) is 4. The summed E-state index contributed by atoms with van der Waals surface area (Å²) in [4.78, 5) is 20.5. The number of nitrogens with zero attached hydrogens (tertiary/aromatic N) is 2. The highest BCUT2D eigenvalue weighted by atomic mass is 16.3.